The lowest BCUT2D eigenvalue weighted by atomic mass is 9.96. The average molecular weight is 470 g/mol. The van der Waals surface area contributed by atoms with Crippen molar-refractivity contribution in [3.8, 4) is 5.75 Å². The monoisotopic (exact) mass is 470 g/mol. The van der Waals surface area contributed by atoms with Gasteiger partial charge in [-0.2, -0.15) is 0 Å². The number of ether oxygens (including phenoxy) is 1. The molecular weight excluding hydrogens is 443 g/mol. The van der Waals surface area contributed by atoms with E-state index in [0.717, 1.165) is 35.6 Å². The normalized spacial score (nSPS) is 14.3. The second kappa shape index (κ2) is 9.80. The van der Waals surface area contributed by atoms with Crippen molar-refractivity contribution in [2.24, 2.45) is 4.99 Å². The van der Waals surface area contributed by atoms with Crippen molar-refractivity contribution in [3.05, 3.63) is 47.2 Å². The molecule has 6 nitrogen and oxygen atoms in total. The Labute approximate surface area is 171 Å². The molecule has 1 aliphatic rings. The van der Waals surface area contributed by atoms with Crippen LogP contribution < -0.4 is 15.4 Å². The van der Waals surface area contributed by atoms with Crippen LogP contribution in [-0.2, 0) is 13.1 Å². The topological polar surface area (TPSA) is 71.7 Å². The van der Waals surface area contributed by atoms with E-state index in [2.05, 4.69) is 26.7 Å². The van der Waals surface area contributed by atoms with Crippen LogP contribution in [0.5, 0.6) is 5.75 Å². The first-order valence-corrected chi connectivity index (χ1v) is 8.77. The number of oxazole rings is 1. The van der Waals surface area contributed by atoms with Crippen LogP contribution in [-0.4, -0.2) is 24.1 Å². The smallest absolute Gasteiger partial charge is 0.214 e. The number of rotatable bonds is 6. The van der Waals surface area contributed by atoms with E-state index in [1.165, 1.54) is 6.42 Å². The van der Waals surface area contributed by atoms with E-state index in [0.29, 0.717) is 31.0 Å². The van der Waals surface area contributed by atoms with Gasteiger partial charge < -0.3 is 19.8 Å². The number of aromatic nitrogens is 1. The van der Waals surface area contributed by atoms with Crippen molar-refractivity contribution in [1.29, 1.82) is 0 Å². The number of aliphatic imine (C=N–C) groups is 1. The van der Waals surface area contributed by atoms with Gasteiger partial charge >= 0.3 is 0 Å². The lowest BCUT2D eigenvalue weighted by Crippen LogP contribution is -2.36. The Bertz CT molecular complexity index is 721. The number of halogens is 1. The maximum atomic E-state index is 6.07. The molecule has 0 radical (unpaired) electrons. The quantitative estimate of drug-likeness (QED) is 0.383. The van der Waals surface area contributed by atoms with Gasteiger partial charge in [0.2, 0.25) is 5.89 Å². The lowest BCUT2D eigenvalue weighted by molar-refractivity contribution is 0.119. The SMILES string of the molecule is CN=C(NCc1nc(C)c(C)o1)NCc1ccccc1OC1CCC1.I. The summed E-state index contributed by atoms with van der Waals surface area (Å²) in [5.74, 6) is 3.16. The van der Waals surface area contributed by atoms with Gasteiger partial charge in [0.25, 0.3) is 0 Å². The van der Waals surface area contributed by atoms with Gasteiger partial charge in [-0.3, -0.25) is 4.99 Å². The second-order valence-electron chi connectivity index (χ2n) is 6.31. The van der Waals surface area contributed by atoms with Gasteiger partial charge in [-0.1, -0.05) is 18.2 Å². The number of hydrogen-bond acceptors (Lipinski definition) is 4. The highest BCUT2D eigenvalue weighted by molar-refractivity contribution is 14.0. The van der Waals surface area contributed by atoms with Gasteiger partial charge in [0.1, 0.15) is 11.5 Å². The summed E-state index contributed by atoms with van der Waals surface area (Å²) in [6.07, 6.45) is 3.94. The molecule has 0 bridgehead atoms. The highest BCUT2D eigenvalue weighted by atomic mass is 127. The Morgan fingerprint density at radius 1 is 1.23 bits per heavy atom. The zero-order chi connectivity index (χ0) is 17.6. The number of nitrogens with zero attached hydrogens (tertiary/aromatic N) is 2. The van der Waals surface area contributed by atoms with Crippen molar-refractivity contribution >= 4 is 29.9 Å². The predicted molar refractivity (Wildman–Crippen MR) is 113 cm³/mol. The van der Waals surface area contributed by atoms with Gasteiger partial charge in [-0.15, -0.1) is 24.0 Å². The van der Waals surface area contributed by atoms with Crippen LogP contribution in [0, 0.1) is 13.8 Å². The predicted octanol–water partition coefficient (Wildman–Crippen LogP) is 3.71. The molecule has 142 valence electrons. The maximum absolute atomic E-state index is 6.07. The zero-order valence-electron chi connectivity index (χ0n) is 15.5. The molecule has 1 saturated carbocycles. The van der Waals surface area contributed by atoms with E-state index in [9.17, 15) is 0 Å². The second-order valence-corrected chi connectivity index (χ2v) is 6.31. The van der Waals surface area contributed by atoms with Gasteiger partial charge in [0.05, 0.1) is 18.3 Å². The fourth-order valence-electron chi connectivity index (χ4n) is 2.61. The largest absolute Gasteiger partial charge is 0.490 e. The number of hydrogen-bond donors (Lipinski definition) is 2. The Kier molecular flexibility index (Phi) is 7.74. The number of para-hydroxylation sites is 1. The highest BCUT2D eigenvalue weighted by Gasteiger charge is 2.20. The third-order valence-corrected chi connectivity index (χ3v) is 4.47. The Morgan fingerprint density at radius 2 is 1.96 bits per heavy atom. The molecule has 0 atom stereocenters. The molecule has 1 aliphatic carbocycles. The summed E-state index contributed by atoms with van der Waals surface area (Å²) >= 11 is 0. The summed E-state index contributed by atoms with van der Waals surface area (Å²) in [5.41, 5.74) is 2.04. The molecule has 7 heteroatoms. The molecule has 1 heterocycles. The number of guanidine groups is 1. The summed E-state index contributed by atoms with van der Waals surface area (Å²) in [6.45, 7) is 4.99. The minimum atomic E-state index is 0. The molecule has 0 spiro atoms. The van der Waals surface area contributed by atoms with Crippen molar-refractivity contribution in [2.75, 3.05) is 7.05 Å². The molecule has 2 N–H and O–H groups in total. The first kappa shape index (κ1) is 20.5. The van der Waals surface area contributed by atoms with Crippen LogP contribution in [0.15, 0.2) is 33.7 Å². The molecule has 1 aromatic heterocycles. The molecule has 0 unspecified atom stereocenters. The third kappa shape index (κ3) is 5.36. The van der Waals surface area contributed by atoms with Gasteiger partial charge in [0.15, 0.2) is 5.96 Å². The molecule has 0 amide bonds. The Balaban J connectivity index is 0.00000243. The highest BCUT2D eigenvalue weighted by Crippen LogP contribution is 2.27. The molecule has 26 heavy (non-hydrogen) atoms. The van der Waals surface area contributed by atoms with E-state index in [4.69, 9.17) is 9.15 Å². The fourth-order valence-corrected chi connectivity index (χ4v) is 2.61. The Hall–Kier alpha value is -1.77. The molecule has 0 saturated heterocycles. The van der Waals surface area contributed by atoms with Crippen molar-refractivity contribution in [2.45, 2.75) is 52.3 Å². The summed E-state index contributed by atoms with van der Waals surface area (Å²) < 4.78 is 11.6. The van der Waals surface area contributed by atoms with Crippen molar-refractivity contribution in [1.82, 2.24) is 15.6 Å². The van der Waals surface area contributed by atoms with Crippen LogP contribution in [0.4, 0.5) is 0 Å². The number of nitrogens with one attached hydrogen (secondary N) is 2. The first-order valence-electron chi connectivity index (χ1n) is 8.77. The summed E-state index contributed by atoms with van der Waals surface area (Å²) in [6, 6.07) is 8.15. The fraction of sp³-hybridized carbons (Fsp3) is 0.474. The van der Waals surface area contributed by atoms with E-state index in [1.807, 2.05) is 32.0 Å². The summed E-state index contributed by atoms with van der Waals surface area (Å²) in [4.78, 5) is 8.61. The van der Waals surface area contributed by atoms with E-state index >= 15 is 0 Å². The minimum Gasteiger partial charge on any atom is -0.490 e. The van der Waals surface area contributed by atoms with Crippen LogP contribution in [0.2, 0.25) is 0 Å². The molecule has 1 fully saturated rings. The van der Waals surface area contributed by atoms with Crippen molar-refractivity contribution < 1.29 is 9.15 Å². The van der Waals surface area contributed by atoms with Crippen LogP contribution in [0.1, 0.15) is 42.2 Å². The third-order valence-electron chi connectivity index (χ3n) is 4.47. The Morgan fingerprint density at radius 3 is 2.58 bits per heavy atom. The maximum Gasteiger partial charge on any atom is 0.214 e. The van der Waals surface area contributed by atoms with Crippen LogP contribution in [0.25, 0.3) is 0 Å². The van der Waals surface area contributed by atoms with Crippen LogP contribution >= 0.6 is 24.0 Å². The van der Waals surface area contributed by atoms with E-state index < -0.39 is 0 Å². The van der Waals surface area contributed by atoms with Crippen LogP contribution in [0.3, 0.4) is 0 Å². The van der Waals surface area contributed by atoms with Gasteiger partial charge in [0, 0.05) is 19.2 Å². The van der Waals surface area contributed by atoms with Gasteiger partial charge in [-0.25, -0.2) is 4.98 Å². The summed E-state index contributed by atoms with van der Waals surface area (Å²) in [5, 5.41) is 6.54. The summed E-state index contributed by atoms with van der Waals surface area (Å²) in [7, 11) is 1.75. The van der Waals surface area contributed by atoms with E-state index in [1.54, 1.807) is 7.05 Å². The zero-order valence-corrected chi connectivity index (χ0v) is 17.9. The van der Waals surface area contributed by atoms with Gasteiger partial charge in [-0.05, 0) is 39.2 Å². The number of aryl methyl sites for hydroxylation is 2. The molecular formula is C19H27IN4O2. The number of benzene rings is 1. The van der Waals surface area contributed by atoms with Crippen molar-refractivity contribution in [3.63, 3.8) is 0 Å². The first-order chi connectivity index (χ1) is 12.2. The minimum absolute atomic E-state index is 0. The molecule has 1 aromatic carbocycles. The average Bonchev–Trinajstić information content (AvgIpc) is 2.90. The standard InChI is InChI=1S/C19H26N4O2.HI/c1-13-14(2)24-18(23-13)12-22-19(20-3)21-11-15-7-4-5-10-17(15)25-16-8-6-9-16;/h4-5,7,10,16H,6,8-9,11-12H2,1-3H3,(H2,20,21,22);1H. The van der Waals surface area contributed by atoms with E-state index in [-0.39, 0.29) is 24.0 Å². The molecule has 0 aliphatic heterocycles. The lowest BCUT2D eigenvalue weighted by Gasteiger charge is -2.27. The molecule has 2 aromatic rings. The molecule has 3 rings (SSSR count).